The van der Waals surface area contributed by atoms with Gasteiger partial charge < -0.3 is 5.32 Å². The lowest BCUT2D eigenvalue weighted by molar-refractivity contribution is 0.835. The fraction of sp³-hybridized carbons (Fsp3) is 0.750. The van der Waals surface area contributed by atoms with Crippen LogP contribution in [0.3, 0.4) is 0 Å². The van der Waals surface area contributed by atoms with E-state index in [1.54, 1.807) is 0 Å². The van der Waals surface area contributed by atoms with E-state index in [0.29, 0.717) is 5.92 Å². The van der Waals surface area contributed by atoms with Crippen molar-refractivity contribution in [2.24, 2.45) is 0 Å². The van der Waals surface area contributed by atoms with Crippen LogP contribution in [-0.4, -0.2) is 15.3 Å². The Hall–Kier alpha value is -0.640. The van der Waals surface area contributed by atoms with Crippen molar-refractivity contribution in [1.29, 1.82) is 0 Å². The van der Waals surface area contributed by atoms with Crippen LogP contribution >= 0.6 is 11.7 Å². The summed E-state index contributed by atoms with van der Waals surface area (Å²) >= 11 is 1.28. The minimum atomic E-state index is 0.461. The van der Waals surface area contributed by atoms with E-state index in [-0.39, 0.29) is 0 Å². The summed E-state index contributed by atoms with van der Waals surface area (Å²) in [5, 5.41) is 3.26. The van der Waals surface area contributed by atoms with Crippen LogP contribution in [0.2, 0.25) is 0 Å². The van der Waals surface area contributed by atoms with Gasteiger partial charge in [-0.15, -0.1) is 0 Å². The Labute approximate surface area is 77.5 Å². The molecule has 0 aliphatic heterocycles. The van der Waals surface area contributed by atoms with Crippen molar-refractivity contribution in [1.82, 2.24) is 8.75 Å². The average Bonchev–Trinajstić information content (AvgIpc) is 2.48. The van der Waals surface area contributed by atoms with Gasteiger partial charge in [-0.25, -0.2) is 0 Å². The quantitative estimate of drug-likeness (QED) is 0.783. The van der Waals surface area contributed by atoms with Crippen LogP contribution in [0.5, 0.6) is 0 Å². The lowest BCUT2D eigenvalue weighted by Crippen LogP contribution is -2.03. The molecule has 0 unspecified atom stereocenters. The first kappa shape index (κ1) is 9.45. The van der Waals surface area contributed by atoms with Gasteiger partial charge in [0, 0.05) is 12.5 Å². The summed E-state index contributed by atoms with van der Waals surface area (Å²) < 4.78 is 8.43. The molecule has 1 rings (SSSR count). The maximum Gasteiger partial charge on any atom is 0.163 e. The molecule has 1 aromatic heterocycles. The molecule has 68 valence electrons. The molecule has 1 aromatic rings. The average molecular weight is 185 g/mol. The van der Waals surface area contributed by atoms with Gasteiger partial charge in [-0.2, -0.15) is 8.75 Å². The molecular formula is C8H15N3S. The van der Waals surface area contributed by atoms with Crippen LogP contribution in [0.15, 0.2) is 0 Å². The number of anilines is 1. The van der Waals surface area contributed by atoms with Gasteiger partial charge in [-0.05, 0) is 6.42 Å². The molecule has 0 amide bonds. The third-order valence-corrected chi connectivity index (χ3v) is 2.15. The zero-order chi connectivity index (χ0) is 8.97. The molecule has 0 atom stereocenters. The van der Waals surface area contributed by atoms with Crippen LogP contribution < -0.4 is 5.32 Å². The number of nitrogens with zero attached hydrogens (tertiary/aromatic N) is 2. The number of aromatic nitrogens is 2. The van der Waals surface area contributed by atoms with Gasteiger partial charge >= 0.3 is 0 Å². The van der Waals surface area contributed by atoms with E-state index in [0.717, 1.165) is 24.5 Å². The Bertz CT molecular complexity index is 232. The molecular weight excluding hydrogens is 170 g/mol. The van der Waals surface area contributed by atoms with Crippen LogP contribution in [0.25, 0.3) is 0 Å². The topological polar surface area (TPSA) is 37.8 Å². The summed E-state index contributed by atoms with van der Waals surface area (Å²) in [5.41, 5.74) is 1.09. The molecule has 0 aromatic carbocycles. The van der Waals surface area contributed by atoms with Crippen LogP contribution in [0.1, 0.15) is 38.8 Å². The maximum atomic E-state index is 4.24. The SMILES string of the molecule is CCCNc1nsnc1C(C)C. The number of nitrogens with one attached hydrogen (secondary N) is 1. The molecule has 1 N–H and O–H groups in total. The molecule has 0 saturated heterocycles. The number of hydrogen-bond donors (Lipinski definition) is 1. The second kappa shape index (κ2) is 4.40. The first-order valence-electron chi connectivity index (χ1n) is 4.32. The summed E-state index contributed by atoms with van der Waals surface area (Å²) in [6.07, 6.45) is 1.12. The zero-order valence-corrected chi connectivity index (χ0v) is 8.61. The van der Waals surface area contributed by atoms with Gasteiger partial charge in [-0.3, -0.25) is 0 Å². The smallest absolute Gasteiger partial charge is 0.163 e. The molecule has 4 heteroatoms. The molecule has 12 heavy (non-hydrogen) atoms. The van der Waals surface area contributed by atoms with Crippen molar-refractivity contribution in [2.45, 2.75) is 33.1 Å². The van der Waals surface area contributed by atoms with E-state index in [1.807, 2.05) is 0 Å². The fourth-order valence-electron chi connectivity index (χ4n) is 0.940. The van der Waals surface area contributed by atoms with Gasteiger partial charge in [0.1, 0.15) is 5.69 Å². The van der Waals surface area contributed by atoms with Gasteiger partial charge in [0.15, 0.2) is 5.82 Å². The standard InChI is InChI=1S/C8H15N3S/c1-4-5-9-8-7(6(2)3)10-12-11-8/h6H,4-5H2,1-3H3,(H,9,11). The normalized spacial score (nSPS) is 10.7. The molecule has 0 radical (unpaired) electrons. The molecule has 0 aliphatic carbocycles. The van der Waals surface area contributed by atoms with Crippen molar-refractivity contribution < 1.29 is 0 Å². The summed E-state index contributed by atoms with van der Waals surface area (Å²) in [4.78, 5) is 0. The van der Waals surface area contributed by atoms with Gasteiger partial charge in [0.25, 0.3) is 0 Å². The Balaban J connectivity index is 2.64. The highest BCUT2D eigenvalue weighted by Crippen LogP contribution is 2.20. The van der Waals surface area contributed by atoms with Crippen LogP contribution in [0, 0.1) is 0 Å². The summed E-state index contributed by atoms with van der Waals surface area (Å²) in [5.74, 6) is 1.43. The molecule has 3 nitrogen and oxygen atoms in total. The van der Waals surface area contributed by atoms with Gasteiger partial charge in [0.05, 0.1) is 11.7 Å². The van der Waals surface area contributed by atoms with E-state index in [9.17, 15) is 0 Å². The Kier molecular flexibility index (Phi) is 3.47. The Morgan fingerprint density at radius 3 is 2.75 bits per heavy atom. The number of rotatable bonds is 4. The molecule has 0 spiro atoms. The van der Waals surface area contributed by atoms with Crippen molar-refractivity contribution in [3.63, 3.8) is 0 Å². The van der Waals surface area contributed by atoms with E-state index in [1.165, 1.54) is 11.7 Å². The molecule has 0 aliphatic rings. The van der Waals surface area contributed by atoms with Crippen LogP contribution in [-0.2, 0) is 0 Å². The highest BCUT2D eigenvalue weighted by Gasteiger charge is 2.09. The van der Waals surface area contributed by atoms with Crippen molar-refractivity contribution in [3.8, 4) is 0 Å². The lowest BCUT2D eigenvalue weighted by atomic mass is 10.1. The highest BCUT2D eigenvalue weighted by molar-refractivity contribution is 6.99. The Morgan fingerprint density at radius 2 is 2.17 bits per heavy atom. The first-order chi connectivity index (χ1) is 5.75. The Morgan fingerprint density at radius 1 is 1.42 bits per heavy atom. The van der Waals surface area contributed by atoms with Crippen molar-refractivity contribution in [3.05, 3.63) is 5.69 Å². The number of hydrogen-bond acceptors (Lipinski definition) is 4. The summed E-state index contributed by atoms with van der Waals surface area (Å²) in [6, 6.07) is 0. The first-order valence-corrected chi connectivity index (χ1v) is 5.05. The fourth-order valence-corrected chi connectivity index (χ4v) is 1.61. The minimum absolute atomic E-state index is 0.461. The zero-order valence-electron chi connectivity index (χ0n) is 7.79. The molecule has 0 bridgehead atoms. The van der Waals surface area contributed by atoms with Crippen molar-refractivity contribution in [2.75, 3.05) is 11.9 Å². The molecule has 0 fully saturated rings. The van der Waals surface area contributed by atoms with Crippen LogP contribution in [0.4, 0.5) is 5.82 Å². The minimum Gasteiger partial charge on any atom is -0.368 e. The van der Waals surface area contributed by atoms with E-state index < -0.39 is 0 Å². The predicted molar refractivity (Wildman–Crippen MR) is 52.8 cm³/mol. The van der Waals surface area contributed by atoms with Gasteiger partial charge in [0.2, 0.25) is 0 Å². The predicted octanol–water partition coefficient (Wildman–Crippen LogP) is 2.48. The highest BCUT2D eigenvalue weighted by atomic mass is 32.1. The second-order valence-electron chi connectivity index (χ2n) is 3.08. The van der Waals surface area contributed by atoms with E-state index in [4.69, 9.17) is 0 Å². The summed E-state index contributed by atoms with van der Waals surface area (Å²) in [7, 11) is 0. The second-order valence-corrected chi connectivity index (χ2v) is 3.61. The van der Waals surface area contributed by atoms with Gasteiger partial charge in [-0.1, -0.05) is 20.8 Å². The largest absolute Gasteiger partial charge is 0.368 e. The van der Waals surface area contributed by atoms with E-state index in [2.05, 4.69) is 34.8 Å². The summed E-state index contributed by atoms with van der Waals surface area (Å²) in [6.45, 7) is 7.38. The van der Waals surface area contributed by atoms with E-state index >= 15 is 0 Å². The third-order valence-electron chi connectivity index (χ3n) is 1.60. The van der Waals surface area contributed by atoms with Crippen molar-refractivity contribution >= 4 is 17.5 Å². The molecule has 0 saturated carbocycles. The molecule has 1 heterocycles. The lowest BCUT2D eigenvalue weighted by Gasteiger charge is -2.04. The maximum absolute atomic E-state index is 4.24. The monoisotopic (exact) mass is 185 g/mol. The third kappa shape index (κ3) is 2.17.